The molecule has 0 amide bonds. The molecule has 0 radical (unpaired) electrons. The number of nitrogens with one attached hydrogen (secondary N) is 1. The number of rotatable bonds is 6. The first-order valence-corrected chi connectivity index (χ1v) is 6.63. The minimum absolute atomic E-state index is 0.321. The molecular weight excluding hydrogens is 298 g/mol. The number of hydrogen-bond acceptors (Lipinski definition) is 4. The summed E-state index contributed by atoms with van der Waals surface area (Å²) in [4.78, 5) is 11.3. The standard InChI is InChI=1S/C13H18BrNO3/c1-3-11(16)8-15-7-10-5-4-9(6-12(10)14)13(17)18-2/h4-6,11,15-16H,3,7-8H2,1-2H3. The van der Waals surface area contributed by atoms with Gasteiger partial charge in [-0.3, -0.25) is 0 Å². The van der Waals surface area contributed by atoms with E-state index in [1.165, 1.54) is 7.11 Å². The molecular formula is C13H18BrNO3. The molecule has 1 aromatic rings. The molecule has 100 valence electrons. The molecule has 0 bridgehead atoms. The molecule has 0 saturated heterocycles. The van der Waals surface area contributed by atoms with Crippen molar-refractivity contribution in [2.24, 2.45) is 0 Å². The van der Waals surface area contributed by atoms with Gasteiger partial charge in [0.05, 0.1) is 18.8 Å². The van der Waals surface area contributed by atoms with Gasteiger partial charge in [0.15, 0.2) is 0 Å². The van der Waals surface area contributed by atoms with Gasteiger partial charge in [-0.1, -0.05) is 28.9 Å². The van der Waals surface area contributed by atoms with E-state index in [1.54, 1.807) is 12.1 Å². The number of aliphatic hydroxyl groups is 1. The second kappa shape index (κ2) is 7.51. The van der Waals surface area contributed by atoms with Crippen LogP contribution in [0.25, 0.3) is 0 Å². The molecule has 0 aromatic heterocycles. The third-order valence-electron chi connectivity index (χ3n) is 2.64. The van der Waals surface area contributed by atoms with Crippen molar-refractivity contribution >= 4 is 21.9 Å². The highest BCUT2D eigenvalue weighted by Crippen LogP contribution is 2.19. The van der Waals surface area contributed by atoms with Crippen LogP contribution in [0.1, 0.15) is 29.3 Å². The monoisotopic (exact) mass is 315 g/mol. The molecule has 18 heavy (non-hydrogen) atoms. The Morgan fingerprint density at radius 1 is 1.56 bits per heavy atom. The quantitative estimate of drug-likeness (QED) is 0.789. The number of methoxy groups -OCH3 is 1. The molecule has 0 aliphatic carbocycles. The van der Waals surface area contributed by atoms with Crippen molar-refractivity contribution in [3.05, 3.63) is 33.8 Å². The van der Waals surface area contributed by atoms with E-state index in [2.05, 4.69) is 26.0 Å². The maximum absolute atomic E-state index is 11.3. The molecule has 0 saturated carbocycles. The first-order chi connectivity index (χ1) is 8.58. The highest BCUT2D eigenvalue weighted by atomic mass is 79.9. The molecule has 0 aliphatic heterocycles. The van der Waals surface area contributed by atoms with Gasteiger partial charge in [-0.25, -0.2) is 4.79 Å². The number of carbonyl (C=O) groups excluding carboxylic acids is 1. The Hall–Kier alpha value is -0.910. The van der Waals surface area contributed by atoms with Crippen LogP contribution in [0, 0.1) is 0 Å². The Balaban J connectivity index is 2.60. The van der Waals surface area contributed by atoms with E-state index in [-0.39, 0.29) is 12.1 Å². The van der Waals surface area contributed by atoms with Gasteiger partial charge in [0.1, 0.15) is 0 Å². The summed E-state index contributed by atoms with van der Waals surface area (Å²) in [5, 5.41) is 12.6. The minimum atomic E-state index is -0.350. The van der Waals surface area contributed by atoms with Crippen LogP contribution in [0.2, 0.25) is 0 Å². The predicted octanol–water partition coefficient (Wildman–Crippen LogP) is 2.10. The van der Waals surface area contributed by atoms with E-state index in [1.807, 2.05) is 13.0 Å². The molecule has 1 aromatic carbocycles. The number of carbonyl (C=O) groups is 1. The molecule has 0 fully saturated rings. The fraction of sp³-hybridized carbons (Fsp3) is 0.462. The van der Waals surface area contributed by atoms with Gasteiger partial charge >= 0.3 is 5.97 Å². The van der Waals surface area contributed by atoms with Crippen LogP contribution in [-0.2, 0) is 11.3 Å². The lowest BCUT2D eigenvalue weighted by Crippen LogP contribution is -2.25. The lowest BCUT2D eigenvalue weighted by molar-refractivity contribution is 0.0600. The first kappa shape index (κ1) is 15.1. The normalized spacial score (nSPS) is 12.2. The summed E-state index contributed by atoms with van der Waals surface area (Å²) >= 11 is 3.42. The molecule has 1 unspecified atom stereocenters. The summed E-state index contributed by atoms with van der Waals surface area (Å²) in [6, 6.07) is 5.32. The Kier molecular flexibility index (Phi) is 6.32. The lowest BCUT2D eigenvalue weighted by atomic mass is 10.1. The van der Waals surface area contributed by atoms with E-state index < -0.39 is 0 Å². The van der Waals surface area contributed by atoms with Gasteiger partial charge in [-0.2, -0.15) is 0 Å². The Morgan fingerprint density at radius 2 is 2.28 bits per heavy atom. The van der Waals surface area contributed by atoms with Crippen LogP contribution in [0.3, 0.4) is 0 Å². The SMILES string of the molecule is CCC(O)CNCc1ccc(C(=O)OC)cc1Br. The van der Waals surface area contributed by atoms with Gasteiger partial charge in [0.2, 0.25) is 0 Å². The molecule has 0 spiro atoms. The fourth-order valence-electron chi connectivity index (χ4n) is 1.45. The highest BCUT2D eigenvalue weighted by molar-refractivity contribution is 9.10. The lowest BCUT2D eigenvalue weighted by Gasteiger charge is -2.11. The molecule has 1 atom stereocenters. The second-order valence-electron chi connectivity index (χ2n) is 3.99. The van der Waals surface area contributed by atoms with Gasteiger partial charge in [-0.05, 0) is 24.1 Å². The number of ether oxygens (including phenoxy) is 1. The van der Waals surface area contributed by atoms with E-state index in [4.69, 9.17) is 0 Å². The highest BCUT2D eigenvalue weighted by Gasteiger charge is 2.08. The van der Waals surface area contributed by atoms with Crippen LogP contribution < -0.4 is 5.32 Å². The summed E-state index contributed by atoms with van der Waals surface area (Å²) < 4.78 is 5.50. The maximum Gasteiger partial charge on any atom is 0.337 e. The van der Waals surface area contributed by atoms with Crippen molar-refractivity contribution in [3.8, 4) is 0 Å². The largest absolute Gasteiger partial charge is 0.465 e. The average molecular weight is 316 g/mol. The van der Waals surface area contributed by atoms with Crippen LogP contribution >= 0.6 is 15.9 Å². The molecule has 4 nitrogen and oxygen atoms in total. The smallest absolute Gasteiger partial charge is 0.337 e. The third-order valence-corrected chi connectivity index (χ3v) is 3.38. The van der Waals surface area contributed by atoms with Crippen molar-refractivity contribution in [2.75, 3.05) is 13.7 Å². The number of halogens is 1. The molecule has 0 heterocycles. The van der Waals surface area contributed by atoms with Crippen LogP contribution in [0.4, 0.5) is 0 Å². The second-order valence-corrected chi connectivity index (χ2v) is 4.85. The molecule has 0 aliphatic rings. The van der Waals surface area contributed by atoms with Gasteiger partial charge in [0, 0.05) is 17.6 Å². The average Bonchev–Trinajstić information content (AvgIpc) is 2.39. The summed E-state index contributed by atoms with van der Waals surface area (Å²) in [5.41, 5.74) is 1.55. The van der Waals surface area contributed by atoms with E-state index in [9.17, 15) is 9.90 Å². The Bertz CT molecular complexity index is 409. The zero-order valence-electron chi connectivity index (χ0n) is 10.6. The van der Waals surface area contributed by atoms with Gasteiger partial charge in [0.25, 0.3) is 0 Å². The number of aliphatic hydroxyl groups excluding tert-OH is 1. The van der Waals surface area contributed by atoms with E-state index >= 15 is 0 Å². The van der Waals surface area contributed by atoms with Crippen LogP contribution in [0.15, 0.2) is 22.7 Å². The topological polar surface area (TPSA) is 58.6 Å². The number of hydrogen-bond donors (Lipinski definition) is 2. The predicted molar refractivity (Wildman–Crippen MR) is 73.5 cm³/mol. The fourth-order valence-corrected chi connectivity index (χ4v) is 1.97. The van der Waals surface area contributed by atoms with Crippen molar-refractivity contribution < 1.29 is 14.6 Å². The first-order valence-electron chi connectivity index (χ1n) is 5.84. The van der Waals surface area contributed by atoms with Crippen molar-refractivity contribution in [1.29, 1.82) is 0 Å². The van der Waals surface area contributed by atoms with Gasteiger partial charge < -0.3 is 15.2 Å². The van der Waals surface area contributed by atoms with E-state index in [0.29, 0.717) is 18.7 Å². The van der Waals surface area contributed by atoms with Crippen molar-refractivity contribution in [2.45, 2.75) is 26.0 Å². The van der Waals surface area contributed by atoms with E-state index in [0.717, 1.165) is 16.5 Å². The molecule has 5 heteroatoms. The Morgan fingerprint density at radius 3 is 2.83 bits per heavy atom. The van der Waals surface area contributed by atoms with Crippen LogP contribution in [0.5, 0.6) is 0 Å². The van der Waals surface area contributed by atoms with Gasteiger partial charge in [-0.15, -0.1) is 0 Å². The third kappa shape index (κ3) is 4.40. The molecule has 2 N–H and O–H groups in total. The summed E-state index contributed by atoms with van der Waals surface area (Å²) in [5.74, 6) is -0.350. The number of benzene rings is 1. The van der Waals surface area contributed by atoms with Crippen molar-refractivity contribution in [1.82, 2.24) is 5.32 Å². The summed E-state index contributed by atoms with van der Waals surface area (Å²) in [6.07, 6.45) is 0.410. The zero-order chi connectivity index (χ0) is 13.5. The maximum atomic E-state index is 11.3. The Labute approximate surface area is 115 Å². The van der Waals surface area contributed by atoms with Crippen LogP contribution in [-0.4, -0.2) is 30.8 Å². The number of esters is 1. The summed E-state index contributed by atoms with van der Waals surface area (Å²) in [7, 11) is 1.36. The zero-order valence-corrected chi connectivity index (χ0v) is 12.2. The molecule has 1 rings (SSSR count). The minimum Gasteiger partial charge on any atom is -0.465 e. The summed E-state index contributed by atoms with van der Waals surface area (Å²) in [6.45, 7) is 3.13. The van der Waals surface area contributed by atoms with Crippen molar-refractivity contribution in [3.63, 3.8) is 0 Å².